The molecule has 1 aromatic heterocycles. The second kappa shape index (κ2) is 6.43. The number of nitrogens with zero attached hydrogens (tertiary/aromatic N) is 1. The van der Waals surface area contributed by atoms with E-state index in [0.717, 1.165) is 25.7 Å². The molecule has 1 saturated carbocycles. The van der Waals surface area contributed by atoms with Crippen LogP contribution in [-0.2, 0) is 14.8 Å². The third-order valence-electron chi connectivity index (χ3n) is 3.91. The first-order valence-electron chi connectivity index (χ1n) is 7.01. The smallest absolute Gasteiger partial charge is 0.265 e. The van der Waals surface area contributed by atoms with Crippen LogP contribution in [0, 0.1) is 11.8 Å². The van der Waals surface area contributed by atoms with E-state index in [1.807, 2.05) is 6.92 Å². The molecule has 0 saturated heterocycles. The number of hydrogen-bond acceptors (Lipinski definition) is 5. The summed E-state index contributed by atoms with van der Waals surface area (Å²) in [7, 11) is -2.43. The van der Waals surface area contributed by atoms with E-state index in [1.165, 1.54) is 25.4 Å². The molecule has 21 heavy (non-hydrogen) atoms. The lowest BCUT2D eigenvalue weighted by Gasteiger charge is -2.27. The van der Waals surface area contributed by atoms with Gasteiger partial charge in [0.2, 0.25) is 11.8 Å². The van der Waals surface area contributed by atoms with Gasteiger partial charge in [-0.15, -0.1) is 0 Å². The van der Waals surface area contributed by atoms with E-state index in [-0.39, 0.29) is 16.7 Å². The van der Waals surface area contributed by atoms with Crippen LogP contribution in [0.25, 0.3) is 0 Å². The number of sulfonamides is 1. The molecule has 116 valence electrons. The molecule has 2 unspecified atom stereocenters. The van der Waals surface area contributed by atoms with E-state index >= 15 is 0 Å². The predicted molar refractivity (Wildman–Crippen MR) is 77.2 cm³/mol. The molecule has 0 radical (unpaired) electrons. The summed E-state index contributed by atoms with van der Waals surface area (Å²) in [6.07, 6.45) is 4.94. The number of carbonyl (C=O) groups excluding carboxylic acids is 1. The van der Waals surface area contributed by atoms with Crippen molar-refractivity contribution >= 4 is 15.9 Å². The first-order valence-corrected chi connectivity index (χ1v) is 8.49. The van der Waals surface area contributed by atoms with Crippen molar-refractivity contribution in [1.82, 2.24) is 9.71 Å². The van der Waals surface area contributed by atoms with Crippen LogP contribution in [0.4, 0.5) is 0 Å². The molecule has 7 heteroatoms. The summed E-state index contributed by atoms with van der Waals surface area (Å²) >= 11 is 0. The molecule has 0 bridgehead atoms. The highest BCUT2D eigenvalue weighted by Gasteiger charge is 2.30. The zero-order valence-electron chi connectivity index (χ0n) is 12.2. The number of pyridine rings is 1. The Bertz CT molecular complexity index is 598. The summed E-state index contributed by atoms with van der Waals surface area (Å²) in [4.78, 5) is 16.0. The minimum atomic E-state index is -3.87. The Morgan fingerprint density at radius 1 is 1.33 bits per heavy atom. The van der Waals surface area contributed by atoms with Crippen molar-refractivity contribution in [3.63, 3.8) is 0 Å². The summed E-state index contributed by atoms with van der Waals surface area (Å²) in [5.74, 6) is -0.123. The average Bonchev–Trinajstić information content (AvgIpc) is 2.47. The monoisotopic (exact) mass is 312 g/mol. The lowest BCUT2D eigenvalue weighted by molar-refractivity contribution is -0.125. The van der Waals surface area contributed by atoms with Crippen molar-refractivity contribution in [2.75, 3.05) is 7.11 Å². The highest BCUT2D eigenvalue weighted by Crippen LogP contribution is 2.30. The molecular formula is C14H20N2O4S. The minimum absolute atomic E-state index is 0.0416. The van der Waals surface area contributed by atoms with Gasteiger partial charge in [-0.25, -0.2) is 18.1 Å². The number of carbonyl (C=O) groups is 1. The van der Waals surface area contributed by atoms with E-state index in [9.17, 15) is 13.2 Å². The number of aromatic nitrogens is 1. The number of rotatable bonds is 4. The Morgan fingerprint density at radius 3 is 2.62 bits per heavy atom. The van der Waals surface area contributed by atoms with Crippen LogP contribution < -0.4 is 9.46 Å². The normalized spacial score (nSPS) is 22.6. The largest absolute Gasteiger partial charge is 0.481 e. The maximum Gasteiger partial charge on any atom is 0.265 e. The van der Waals surface area contributed by atoms with Crippen molar-refractivity contribution in [2.45, 2.75) is 37.5 Å². The Labute approximate surface area is 125 Å². The van der Waals surface area contributed by atoms with Gasteiger partial charge in [0.05, 0.1) is 13.3 Å². The van der Waals surface area contributed by atoms with Gasteiger partial charge in [-0.2, -0.15) is 0 Å². The van der Waals surface area contributed by atoms with Crippen LogP contribution in [0.15, 0.2) is 23.2 Å². The maximum atomic E-state index is 12.2. The standard InChI is InChI=1S/C14H20N2O4S/c1-10-5-3-4-6-12(10)14(17)16-21(18,19)11-7-8-13(20-2)15-9-11/h7-10,12H,3-6H2,1-2H3,(H,16,17). The molecule has 1 amide bonds. The molecule has 1 aliphatic carbocycles. The fourth-order valence-corrected chi connectivity index (χ4v) is 3.59. The number of hydrogen-bond donors (Lipinski definition) is 1. The van der Waals surface area contributed by atoms with Crippen LogP contribution in [0.2, 0.25) is 0 Å². The highest BCUT2D eigenvalue weighted by molar-refractivity contribution is 7.90. The molecule has 1 N–H and O–H groups in total. The fraction of sp³-hybridized carbons (Fsp3) is 0.571. The molecular weight excluding hydrogens is 292 g/mol. The van der Waals surface area contributed by atoms with Crippen LogP contribution in [0.5, 0.6) is 5.88 Å². The molecule has 2 atom stereocenters. The van der Waals surface area contributed by atoms with Crippen LogP contribution >= 0.6 is 0 Å². The van der Waals surface area contributed by atoms with Crippen LogP contribution in [-0.4, -0.2) is 26.4 Å². The van der Waals surface area contributed by atoms with Crippen LogP contribution in [0.1, 0.15) is 32.6 Å². The quantitative estimate of drug-likeness (QED) is 0.915. The van der Waals surface area contributed by atoms with E-state index in [1.54, 1.807) is 0 Å². The fourth-order valence-electron chi connectivity index (χ4n) is 2.62. The molecule has 1 fully saturated rings. The van der Waals surface area contributed by atoms with Crippen molar-refractivity contribution < 1.29 is 17.9 Å². The summed E-state index contributed by atoms with van der Waals surface area (Å²) in [5.41, 5.74) is 0. The van der Waals surface area contributed by atoms with Gasteiger partial charge in [0.25, 0.3) is 10.0 Å². The Balaban J connectivity index is 2.10. The number of ether oxygens (including phenoxy) is 1. The van der Waals surface area contributed by atoms with Gasteiger partial charge < -0.3 is 4.74 Å². The molecule has 1 aromatic rings. The van der Waals surface area contributed by atoms with Crippen molar-refractivity contribution in [2.24, 2.45) is 11.8 Å². The van der Waals surface area contributed by atoms with E-state index in [2.05, 4.69) is 9.71 Å². The summed E-state index contributed by atoms with van der Waals surface area (Å²) in [6.45, 7) is 1.99. The highest BCUT2D eigenvalue weighted by atomic mass is 32.2. The predicted octanol–water partition coefficient (Wildman–Crippen LogP) is 1.72. The van der Waals surface area contributed by atoms with Gasteiger partial charge >= 0.3 is 0 Å². The van der Waals surface area contributed by atoms with Crippen LogP contribution in [0.3, 0.4) is 0 Å². The molecule has 1 heterocycles. The SMILES string of the molecule is COc1ccc(S(=O)(=O)NC(=O)C2CCCCC2C)cn1. The molecule has 0 spiro atoms. The number of nitrogens with one attached hydrogen (secondary N) is 1. The molecule has 6 nitrogen and oxygen atoms in total. The van der Waals surface area contributed by atoms with Gasteiger partial charge in [-0.1, -0.05) is 19.8 Å². The average molecular weight is 312 g/mol. The number of methoxy groups -OCH3 is 1. The van der Waals surface area contributed by atoms with Crippen molar-refractivity contribution in [3.8, 4) is 5.88 Å². The summed E-state index contributed by atoms with van der Waals surface area (Å²) < 4.78 is 31.4. The van der Waals surface area contributed by atoms with Gasteiger partial charge in [0, 0.05) is 12.0 Å². The maximum absolute atomic E-state index is 12.2. The molecule has 0 aliphatic heterocycles. The Hall–Kier alpha value is -1.63. The zero-order chi connectivity index (χ0) is 15.5. The van der Waals surface area contributed by atoms with Crippen molar-refractivity contribution in [1.29, 1.82) is 0 Å². The second-order valence-corrected chi connectivity index (χ2v) is 7.06. The summed E-state index contributed by atoms with van der Waals surface area (Å²) in [6, 6.07) is 2.81. The lowest BCUT2D eigenvalue weighted by atomic mass is 9.80. The second-order valence-electron chi connectivity index (χ2n) is 5.37. The first kappa shape index (κ1) is 15.8. The number of amides is 1. The molecule has 1 aliphatic rings. The lowest BCUT2D eigenvalue weighted by Crippen LogP contribution is -2.39. The molecule has 0 aromatic carbocycles. The van der Waals surface area contributed by atoms with E-state index < -0.39 is 15.9 Å². The Morgan fingerprint density at radius 2 is 2.05 bits per heavy atom. The van der Waals surface area contributed by atoms with Gasteiger partial charge in [-0.3, -0.25) is 4.79 Å². The Kier molecular flexibility index (Phi) is 4.82. The van der Waals surface area contributed by atoms with Gasteiger partial charge in [-0.05, 0) is 24.8 Å². The van der Waals surface area contributed by atoms with Gasteiger partial charge in [0.1, 0.15) is 4.90 Å². The zero-order valence-corrected chi connectivity index (χ0v) is 13.0. The topological polar surface area (TPSA) is 85.4 Å². The van der Waals surface area contributed by atoms with Crippen molar-refractivity contribution in [3.05, 3.63) is 18.3 Å². The third kappa shape index (κ3) is 3.72. The summed E-state index contributed by atoms with van der Waals surface area (Å²) in [5, 5.41) is 0. The minimum Gasteiger partial charge on any atom is -0.481 e. The van der Waals surface area contributed by atoms with Gasteiger partial charge in [0.15, 0.2) is 0 Å². The van der Waals surface area contributed by atoms with E-state index in [0.29, 0.717) is 5.88 Å². The first-order chi connectivity index (χ1) is 9.94. The molecule has 2 rings (SSSR count). The van der Waals surface area contributed by atoms with E-state index in [4.69, 9.17) is 4.74 Å². The third-order valence-corrected chi connectivity index (χ3v) is 5.24.